The lowest BCUT2D eigenvalue weighted by atomic mass is 10.3. The van der Waals surface area contributed by atoms with Crippen LogP contribution < -0.4 is 10.6 Å². The minimum Gasteiger partial charge on any atom is -0.360 e. The molecule has 0 fully saturated rings. The highest BCUT2D eigenvalue weighted by atomic mass is 35.5. The van der Waals surface area contributed by atoms with Crippen molar-refractivity contribution >= 4 is 34.4 Å². The Bertz CT molecular complexity index is 566. The third-order valence-corrected chi connectivity index (χ3v) is 2.32. The van der Waals surface area contributed by atoms with Gasteiger partial charge >= 0.3 is 0 Å². The van der Waals surface area contributed by atoms with Crippen LogP contribution in [0.15, 0.2) is 6.20 Å². The maximum Gasteiger partial charge on any atom is 0.239 e. The first-order valence-electron chi connectivity index (χ1n) is 5.46. The van der Waals surface area contributed by atoms with Crippen molar-refractivity contribution in [1.82, 2.24) is 25.5 Å². The summed E-state index contributed by atoms with van der Waals surface area (Å²) in [5, 5.41) is 13.0. The highest BCUT2D eigenvalue weighted by Crippen LogP contribution is 2.19. The van der Waals surface area contributed by atoms with Gasteiger partial charge < -0.3 is 10.6 Å². The van der Waals surface area contributed by atoms with E-state index in [1.54, 1.807) is 6.20 Å². The molecule has 0 aromatic carbocycles. The van der Waals surface area contributed by atoms with E-state index < -0.39 is 0 Å². The molecule has 0 aliphatic rings. The van der Waals surface area contributed by atoms with Gasteiger partial charge in [-0.05, 0) is 25.4 Å². The van der Waals surface area contributed by atoms with E-state index in [1.807, 2.05) is 13.8 Å². The van der Waals surface area contributed by atoms with Gasteiger partial charge in [0.2, 0.25) is 11.2 Å². The molecule has 0 radical (unpaired) electrons. The maximum atomic E-state index is 11.5. The summed E-state index contributed by atoms with van der Waals surface area (Å²) in [4.78, 5) is 19.5. The molecule has 2 aromatic rings. The molecular formula is C10H13ClN6O. The van der Waals surface area contributed by atoms with Gasteiger partial charge in [0, 0.05) is 6.04 Å². The minimum atomic E-state index is -0.114. The number of hydrogen-bond donors (Lipinski definition) is 3. The van der Waals surface area contributed by atoms with Gasteiger partial charge in [0.15, 0.2) is 5.65 Å². The maximum absolute atomic E-state index is 11.5. The molecule has 3 N–H and O–H groups in total. The Morgan fingerprint density at radius 2 is 2.28 bits per heavy atom. The van der Waals surface area contributed by atoms with Crippen molar-refractivity contribution in [2.45, 2.75) is 19.9 Å². The van der Waals surface area contributed by atoms with Crippen molar-refractivity contribution in [3.8, 4) is 0 Å². The third kappa shape index (κ3) is 2.86. The summed E-state index contributed by atoms with van der Waals surface area (Å²) in [5.74, 6) is 0.369. The Labute approximate surface area is 108 Å². The van der Waals surface area contributed by atoms with Crippen LogP contribution in [0.3, 0.4) is 0 Å². The van der Waals surface area contributed by atoms with Crippen molar-refractivity contribution in [3.63, 3.8) is 0 Å². The number of halogens is 1. The zero-order valence-electron chi connectivity index (χ0n) is 9.99. The fourth-order valence-corrected chi connectivity index (χ4v) is 1.65. The van der Waals surface area contributed by atoms with Gasteiger partial charge in [0.25, 0.3) is 0 Å². The number of aromatic nitrogens is 4. The molecule has 0 bridgehead atoms. The molecule has 0 unspecified atom stereocenters. The second kappa shape index (κ2) is 5.18. The summed E-state index contributed by atoms with van der Waals surface area (Å²) >= 11 is 5.77. The van der Waals surface area contributed by atoms with Crippen molar-refractivity contribution in [1.29, 1.82) is 0 Å². The van der Waals surface area contributed by atoms with Crippen LogP contribution in [-0.4, -0.2) is 38.7 Å². The molecule has 2 heterocycles. The highest BCUT2D eigenvalue weighted by molar-refractivity contribution is 6.28. The van der Waals surface area contributed by atoms with E-state index >= 15 is 0 Å². The minimum absolute atomic E-state index is 0.0958. The number of amides is 1. The van der Waals surface area contributed by atoms with Gasteiger partial charge in [-0.25, -0.2) is 0 Å². The molecule has 96 valence electrons. The summed E-state index contributed by atoms with van der Waals surface area (Å²) in [5.41, 5.74) is 0.529. The predicted molar refractivity (Wildman–Crippen MR) is 68.5 cm³/mol. The molecule has 7 nitrogen and oxygen atoms in total. The van der Waals surface area contributed by atoms with Crippen molar-refractivity contribution < 1.29 is 4.79 Å². The summed E-state index contributed by atoms with van der Waals surface area (Å²) in [6.45, 7) is 3.91. The lowest BCUT2D eigenvalue weighted by molar-refractivity contribution is -0.119. The topological polar surface area (TPSA) is 95.6 Å². The van der Waals surface area contributed by atoms with Crippen LogP contribution in [-0.2, 0) is 4.79 Å². The van der Waals surface area contributed by atoms with Gasteiger partial charge in [0.05, 0.1) is 18.1 Å². The SMILES string of the molecule is CC(C)NC(=O)CNc1nc(Cl)nc2[nH]ncc12. The third-order valence-electron chi connectivity index (χ3n) is 2.15. The zero-order valence-corrected chi connectivity index (χ0v) is 10.7. The summed E-state index contributed by atoms with van der Waals surface area (Å²) < 4.78 is 0. The van der Waals surface area contributed by atoms with Gasteiger partial charge in [-0.2, -0.15) is 15.1 Å². The zero-order chi connectivity index (χ0) is 13.1. The van der Waals surface area contributed by atoms with Gasteiger partial charge in [-0.15, -0.1) is 0 Å². The number of hydrogen-bond acceptors (Lipinski definition) is 5. The molecule has 8 heteroatoms. The normalized spacial score (nSPS) is 10.9. The smallest absolute Gasteiger partial charge is 0.239 e. The summed E-state index contributed by atoms with van der Waals surface area (Å²) in [7, 11) is 0. The number of nitrogens with zero attached hydrogens (tertiary/aromatic N) is 3. The Morgan fingerprint density at radius 3 is 3.00 bits per heavy atom. The van der Waals surface area contributed by atoms with E-state index in [0.717, 1.165) is 0 Å². The standard InChI is InChI=1S/C10H13ClN6O/c1-5(2)14-7(18)4-12-8-6-3-13-17-9(6)16-10(11)15-8/h3,5H,4H2,1-2H3,(H,14,18)(H2,12,13,15,16,17). The average Bonchev–Trinajstić information content (AvgIpc) is 2.72. The molecule has 1 amide bonds. The predicted octanol–water partition coefficient (Wildman–Crippen LogP) is 0.943. The number of aromatic amines is 1. The molecule has 2 aromatic heterocycles. The van der Waals surface area contributed by atoms with Gasteiger partial charge in [-0.3, -0.25) is 9.89 Å². The number of fused-ring (bicyclic) bond motifs is 1. The Morgan fingerprint density at radius 1 is 1.50 bits per heavy atom. The first-order valence-corrected chi connectivity index (χ1v) is 5.84. The van der Waals surface area contributed by atoms with Crippen LogP contribution in [0.1, 0.15) is 13.8 Å². The molecule has 18 heavy (non-hydrogen) atoms. The molecule has 0 saturated carbocycles. The van der Waals surface area contributed by atoms with E-state index in [-0.39, 0.29) is 23.8 Å². The van der Waals surface area contributed by atoms with E-state index in [4.69, 9.17) is 11.6 Å². The van der Waals surface area contributed by atoms with Gasteiger partial charge in [0.1, 0.15) is 5.82 Å². The number of nitrogens with one attached hydrogen (secondary N) is 3. The second-order valence-electron chi connectivity index (χ2n) is 4.05. The highest BCUT2D eigenvalue weighted by Gasteiger charge is 2.10. The Hall–Kier alpha value is -1.89. The fourth-order valence-electron chi connectivity index (χ4n) is 1.48. The molecular weight excluding hydrogens is 256 g/mol. The van der Waals surface area contributed by atoms with Crippen molar-refractivity contribution in [3.05, 3.63) is 11.5 Å². The fraction of sp³-hybridized carbons (Fsp3) is 0.400. The first kappa shape index (κ1) is 12.6. The molecule has 0 aliphatic heterocycles. The second-order valence-corrected chi connectivity index (χ2v) is 4.39. The largest absolute Gasteiger partial charge is 0.360 e. The first-order chi connectivity index (χ1) is 8.56. The summed E-state index contributed by atoms with van der Waals surface area (Å²) in [6.07, 6.45) is 1.58. The van der Waals surface area contributed by atoms with E-state index in [1.165, 1.54) is 0 Å². The molecule has 2 rings (SSSR count). The molecule has 0 aliphatic carbocycles. The van der Waals surface area contributed by atoms with Crippen LogP contribution in [0, 0.1) is 0 Å². The van der Waals surface area contributed by atoms with E-state index in [9.17, 15) is 4.79 Å². The molecule has 0 spiro atoms. The van der Waals surface area contributed by atoms with Crippen LogP contribution in [0.2, 0.25) is 5.28 Å². The Kier molecular flexibility index (Phi) is 3.61. The van der Waals surface area contributed by atoms with Crippen LogP contribution in [0.4, 0.5) is 5.82 Å². The number of carbonyl (C=O) groups excluding carboxylic acids is 1. The summed E-state index contributed by atoms with van der Waals surface area (Å²) in [6, 6.07) is 0.0993. The van der Waals surface area contributed by atoms with E-state index in [0.29, 0.717) is 16.9 Å². The monoisotopic (exact) mass is 268 g/mol. The number of anilines is 1. The Balaban J connectivity index is 2.11. The van der Waals surface area contributed by atoms with E-state index in [2.05, 4.69) is 30.8 Å². The number of carbonyl (C=O) groups is 1. The lowest BCUT2D eigenvalue weighted by Gasteiger charge is -2.09. The van der Waals surface area contributed by atoms with Crippen molar-refractivity contribution in [2.24, 2.45) is 0 Å². The number of rotatable bonds is 4. The average molecular weight is 269 g/mol. The van der Waals surface area contributed by atoms with Crippen LogP contribution >= 0.6 is 11.6 Å². The number of H-pyrrole nitrogens is 1. The molecule has 0 saturated heterocycles. The quantitative estimate of drug-likeness (QED) is 0.718. The molecule has 0 atom stereocenters. The van der Waals surface area contributed by atoms with Crippen molar-refractivity contribution in [2.75, 3.05) is 11.9 Å². The van der Waals surface area contributed by atoms with Crippen LogP contribution in [0.25, 0.3) is 11.0 Å². The van der Waals surface area contributed by atoms with Gasteiger partial charge in [-0.1, -0.05) is 0 Å². The van der Waals surface area contributed by atoms with Crippen LogP contribution in [0.5, 0.6) is 0 Å². The lowest BCUT2D eigenvalue weighted by Crippen LogP contribution is -2.35.